The van der Waals surface area contributed by atoms with Crippen LogP contribution in [-0.4, -0.2) is 63.5 Å². The number of aliphatic hydroxyl groups is 1. The van der Waals surface area contributed by atoms with Crippen LogP contribution in [0.2, 0.25) is 0 Å². The number of piperazine rings is 1. The normalized spacial score (nSPS) is 22.3. The molecule has 0 bridgehead atoms. The van der Waals surface area contributed by atoms with Crippen LogP contribution in [0.1, 0.15) is 27.4 Å². The SMILES string of the molecule is Cc1ccccc1-c1ccc([C@H]2[C@@H](CO)N3C(=O)CN(C(=O)c4cccnc4)C[C@@H]23)cc1. The number of aromatic nitrogens is 1. The Bertz CT molecular complexity index is 1150. The number of benzene rings is 2. The molecule has 2 aliphatic rings. The van der Waals surface area contributed by atoms with Crippen LogP contribution in [0.5, 0.6) is 0 Å². The number of pyridine rings is 1. The highest BCUT2D eigenvalue weighted by atomic mass is 16.3. The first-order valence-corrected chi connectivity index (χ1v) is 10.9. The summed E-state index contributed by atoms with van der Waals surface area (Å²) in [6.07, 6.45) is 3.15. The van der Waals surface area contributed by atoms with Gasteiger partial charge in [-0.25, -0.2) is 0 Å². The Balaban J connectivity index is 1.40. The van der Waals surface area contributed by atoms with Crippen molar-refractivity contribution in [3.8, 4) is 11.1 Å². The minimum atomic E-state index is -0.257. The van der Waals surface area contributed by atoms with Gasteiger partial charge in [-0.3, -0.25) is 14.6 Å². The van der Waals surface area contributed by atoms with E-state index in [1.807, 2.05) is 12.1 Å². The van der Waals surface area contributed by atoms with Gasteiger partial charge in [0.05, 0.1) is 24.3 Å². The van der Waals surface area contributed by atoms with Crippen LogP contribution in [0.3, 0.4) is 0 Å². The van der Waals surface area contributed by atoms with Gasteiger partial charge in [-0.1, -0.05) is 48.5 Å². The summed E-state index contributed by atoms with van der Waals surface area (Å²) in [4.78, 5) is 33.1. The number of nitrogens with zero attached hydrogens (tertiary/aromatic N) is 3. The molecule has 2 amide bonds. The molecule has 3 aromatic rings. The van der Waals surface area contributed by atoms with Crippen molar-refractivity contribution < 1.29 is 14.7 Å². The van der Waals surface area contributed by atoms with Gasteiger partial charge < -0.3 is 14.9 Å². The van der Waals surface area contributed by atoms with Crippen molar-refractivity contribution in [2.45, 2.75) is 24.9 Å². The lowest BCUT2D eigenvalue weighted by atomic mass is 9.73. The quantitative estimate of drug-likeness (QED) is 0.695. The van der Waals surface area contributed by atoms with E-state index in [9.17, 15) is 14.7 Å². The van der Waals surface area contributed by atoms with E-state index < -0.39 is 0 Å². The number of aliphatic hydroxyl groups excluding tert-OH is 1. The standard InChI is InChI=1S/C26H25N3O3/c1-17-5-2-3-7-21(17)18-8-10-19(11-9-18)25-22-14-28(15-24(31)29(22)23(25)16-30)26(32)20-6-4-12-27-13-20/h2-13,22-23,25,30H,14-16H2,1H3/t22-,23+,25+/m0/s1. The fourth-order valence-corrected chi connectivity index (χ4v) is 5.11. The fraction of sp³-hybridized carbons (Fsp3) is 0.269. The monoisotopic (exact) mass is 427 g/mol. The lowest BCUT2D eigenvalue weighted by molar-refractivity contribution is -0.159. The van der Waals surface area contributed by atoms with E-state index in [0.717, 1.165) is 11.1 Å². The number of amides is 2. The van der Waals surface area contributed by atoms with Gasteiger partial charge in [0.1, 0.15) is 6.54 Å². The average molecular weight is 428 g/mol. The number of hydrogen-bond acceptors (Lipinski definition) is 4. The molecule has 3 heterocycles. The van der Waals surface area contributed by atoms with Gasteiger partial charge >= 0.3 is 0 Å². The van der Waals surface area contributed by atoms with E-state index in [4.69, 9.17) is 0 Å². The van der Waals surface area contributed by atoms with E-state index in [1.54, 1.807) is 28.1 Å². The Kier molecular flexibility index (Phi) is 5.23. The van der Waals surface area contributed by atoms with Gasteiger partial charge in [0, 0.05) is 24.9 Å². The fourth-order valence-electron chi connectivity index (χ4n) is 5.11. The lowest BCUT2D eigenvalue weighted by Gasteiger charge is -2.58. The van der Waals surface area contributed by atoms with Gasteiger partial charge in [0.2, 0.25) is 5.91 Å². The summed E-state index contributed by atoms with van der Waals surface area (Å²) < 4.78 is 0. The Labute approximate surface area is 187 Å². The van der Waals surface area contributed by atoms with Gasteiger partial charge in [-0.05, 0) is 41.3 Å². The van der Waals surface area contributed by atoms with Crippen molar-refractivity contribution in [3.05, 3.63) is 89.7 Å². The van der Waals surface area contributed by atoms with Crippen molar-refractivity contribution >= 4 is 11.8 Å². The van der Waals surface area contributed by atoms with Crippen molar-refractivity contribution in [3.63, 3.8) is 0 Å². The van der Waals surface area contributed by atoms with Crippen molar-refractivity contribution in [1.29, 1.82) is 0 Å². The summed E-state index contributed by atoms with van der Waals surface area (Å²) in [6, 6.07) is 19.6. The third-order valence-electron chi connectivity index (χ3n) is 6.70. The first-order chi connectivity index (χ1) is 15.6. The molecule has 2 aliphatic heterocycles. The molecule has 1 N–H and O–H groups in total. The van der Waals surface area contributed by atoms with Crippen LogP contribution < -0.4 is 0 Å². The van der Waals surface area contributed by atoms with Crippen LogP contribution in [0.25, 0.3) is 11.1 Å². The Hall–Kier alpha value is -3.51. The molecule has 0 aliphatic carbocycles. The predicted molar refractivity (Wildman–Crippen MR) is 121 cm³/mol. The molecule has 2 saturated heterocycles. The molecule has 0 unspecified atom stereocenters. The zero-order chi connectivity index (χ0) is 22.2. The van der Waals surface area contributed by atoms with Crippen LogP contribution in [-0.2, 0) is 4.79 Å². The highest BCUT2D eigenvalue weighted by Crippen LogP contribution is 2.43. The molecule has 32 heavy (non-hydrogen) atoms. The molecular formula is C26H25N3O3. The van der Waals surface area contributed by atoms with E-state index in [0.29, 0.717) is 12.1 Å². The molecule has 0 radical (unpaired) electrons. The van der Waals surface area contributed by atoms with Gasteiger partial charge in [0.25, 0.3) is 5.91 Å². The number of fused-ring (bicyclic) bond motifs is 1. The highest BCUT2D eigenvalue weighted by molar-refractivity contribution is 5.97. The Morgan fingerprint density at radius 1 is 1.09 bits per heavy atom. The second kappa shape index (κ2) is 8.20. The van der Waals surface area contributed by atoms with Crippen LogP contribution >= 0.6 is 0 Å². The number of carbonyl (C=O) groups excluding carboxylic acids is 2. The first-order valence-electron chi connectivity index (χ1n) is 10.9. The summed E-state index contributed by atoms with van der Waals surface area (Å²) in [5.74, 6) is -0.322. The lowest BCUT2D eigenvalue weighted by Crippen LogP contribution is -2.73. The van der Waals surface area contributed by atoms with Crippen molar-refractivity contribution in [2.75, 3.05) is 19.7 Å². The van der Waals surface area contributed by atoms with E-state index in [1.165, 1.54) is 17.3 Å². The second-order valence-corrected chi connectivity index (χ2v) is 8.51. The molecule has 2 fully saturated rings. The molecule has 5 rings (SSSR count). The van der Waals surface area contributed by atoms with Crippen LogP contribution in [0.15, 0.2) is 73.1 Å². The molecule has 0 saturated carbocycles. The zero-order valence-corrected chi connectivity index (χ0v) is 17.9. The Morgan fingerprint density at radius 3 is 2.56 bits per heavy atom. The third kappa shape index (κ3) is 3.37. The van der Waals surface area contributed by atoms with Crippen molar-refractivity contribution in [2.24, 2.45) is 0 Å². The van der Waals surface area contributed by atoms with E-state index >= 15 is 0 Å². The average Bonchev–Trinajstić information content (AvgIpc) is 2.81. The molecule has 2 aromatic carbocycles. The highest BCUT2D eigenvalue weighted by Gasteiger charge is 2.54. The smallest absolute Gasteiger partial charge is 0.255 e. The summed E-state index contributed by atoms with van der Waals surface area (Å²) >= 11 is 0. The summed E-state index contributed by atoms with van der Waals surface area (Å²) in [6.45, 7) is 2.47. The van der Waals surface area contributed by atoms with Crippen LogP contribution in [0.4, 0.5) is 0 Å². The van der Waals surface area contributed by atoms with Crippen molar-refractivity contribution in [1.82, 2.24) is 14.8 Å². The molecule has 0 spiro atoms. The van der Waals surface area contributed by atoms with Gasteiger partial charge in [-0.15, -0.1) is 0 Å². The summed E-state index contributed by atoms with van der Waals surface area (Å²) in [5, 5.41) is 10.0. The van der Waals surface area contributed by atoms with E-state index in [2.05, 4.69) is 48.3 Å². The molecule has 3 atom stereocenters. The number of carbonyl (C=O) groups is 2. The molecule has 162 valence electrons. The molecule has 1 aromatic heterocycles. The maximum atomic E-state index is 12.9. The summed E-state index contributed by atoms with van der Waals surface area (Å²) in [5.41, 5.74) is 5.09. The zero-order valence-electron chi connectivity index (χ0n) is 17.9. The number of rotatable bonds is 4. The van der Waals surface area contributed by atoms with Gasteiger partial charge in [0.15, 0.2) is 0 Å². The largest absolute Gasteiger partial charge is 0.394 e. The van der Waals surface area contributed by atoms with Crippen LogP contribution in [0, 0.1) is 6.92 Å². The predicted octanol–water partition coefficient (Wildman–Crippen LogP) is 2.87. The minimum absolute atomic E-state index is 0.0145. The molecule has 6 nitrogen and oxygen atoms in total. The maximum Gasteiger partial charge on any atom is 0.255 e. The maximum absolute atomic E-state index is 12.9. The Morgan fingerprint density at radius 2 is 1.88 bits per heavy atom. The number of hydrogen-bond donors (Lipinski definition) is 1. The summed E-state index contributed by atoms with van der Waals surface area (Å²) in [7, 11) is 0. The minimum Gasteiger partial charge on any atom is -0.394 e. The van der Waals surface area contributed by atoms with E-state index in [-0.39, 0.29) is 43.0 Å². The molecule has 6 heteroatoms. The second-order valence-electron chi connectivity index (χ2n) is 8.51. The topological polar surface area (TPSA) is 73.7 Å². The third-order valence-corrected chi connectivity index (χ3v) is 6.70. The first kappa shape index (κ1) is 20.4. The number of aryl methyl sites for hydroxylation is 1. The molecular weight excluding hydrogens is 402 g/mol. The van der Waals surface area contributed by atoms with Gasteiger partial charge in [-0.2, -0.15) is 0 Å².